The van der Waals surface area contributed by atoms with Crippen molar-refractivity contribution in [2.45, 2.75) is 85.2 Å². The number of aromatic nitrogens is 2. The Morgan fingerprint density at radius 3 is 1.66 bits per heavy atom. The van der Waals surface area contributed by atoms with Crippen LogP contribution in [0.4, 0.5) is 4.39 Å². The van der Waals surface area contributed by atoms with E-state index in [1.54, 1.807) is 0 Å². The summed E-state index contributed by atoms with van der Waals surface area (Å²) in [6, 6.07) is 0. The van der Waals surface area contributed by atoms with Crippen molar-refractivity contribution in [2.24, 2.45) is 0 Å². The lowest BCUT2D eigenvalue weighted by molar-refractivity contribution is 0.0373. The molecule has 0 bridgehead atoms. The molecule has 2 fully saturated rings. The van der Waals surface area contributed by atoms with Gasteiger partial charge >= 0.3 is 0 Å². The molecule has 2 aromatic rings. The first-order valence-electron chi connectivity index (χ1n) is 13.3. The molecule has 0 aromatic carbocycles. The smallest absolute Gasteiger partial charge is 0.194 e. The van der Waals surface area contributed by atoms with E-state index in [9.17, 15) is 4.39 Å². The first-order valence-corrected chi connectivity index (χ1v) is 13.3. The van der Waals surface area contributed by atoms with Gasteiger partial charge in [0.2, 0.25) is 0 Å². The summed E-state index contributed by atoms with van der Waals surface area (Å²) in [5.41, 5.74) is 2.05. The molecule has 7 nitrogen and oxygen atoms in total. The third-order valence-corrected chi connectivity index (χ3v) is 6.55. The number of ether oxygens (including phenoxy) is 1. The number of rotatable bonds is 10. The molecule has 0 saturated carbocycles. The van der Waals surface area contributed by atoms with E-state index in [0.717, 1.165) is 99.8 Å². The monoisotopic (exact) mass is 492 g/mol. The van der Waals surface area contributed by atoms with Crippen LogP contribution in [0.1, 0.15) is 87.1 Å². The summed E-state index contributed by atoms with van der Waals surface area (Å²) >= 11 is 0. The number of morpholine rings is 1. The molecule has 2 saturated heterocycles. The predicted octanol–water partition coefficient (Wildman–Crippen LogP) is 5.06. The van der Waals surface area contributed by atoms with E-state index in [-0.39, 0.29) is 0 Å². The topological polar surface area (TPSA) is 67.8 Å². The average molecular weight is 493 g/mol. The fourth-order valence-electron chi connectivity index (χ4n) is 4.64. The van der Waals surface area contributed by atoms with Gasteiger partial charge in [-0.1, -0.05) is 27.7 Å². The quantitative estimate of drug-likeness (QED) is 0.459. The van der Waals surface area contributed by atoms with Crippen LogP contribution in [-0.2, 0) is 17.6 Å². The van der Waals surface area contributed by atoms with Crippen LogP contribution < -0.4 is 0 Å². The molecule has 2 aromatic heterocycles. The maximum atomic E-state index is 12.6. The summed E-state index contributed by atoms with van der Waals surface area (Å²) in [5.74, 6) is 4.56. The van der Waals surface area contributed by atoms with Crippen LogP contribution in [0.5, 0.6) is 0 Å². The molecule has 0 radical (unpaired) electrons. The van der Waals surface area contributed by atoms with E-state index in [1.807, 2.05) is 13.8 Å². The van der Waals surface area contributed by atoms with E-state index >= 15 is 0 Å². The van der Waals surface area contributed by atoms with Crippen LogP contribution in [-0.4, -0.2) is 78.4 Å². The lowest BCUT2D eigenvalue weighted by Gasteiger charge is -2.33. The maximum absolute atomic E-state index is 12.6. The van der Waals surface area contributed by atoms with Crippen LogP contribution in [0.25, 0.3) is 0 Å². The third kappa shape index (κ3) is 8.69. The van der Waals surface area contributed by atoms with Crippen LogP contribution in [0.3, 0.4) is 0 Å². The minimum Gasteiger partial charge on any atom is -0.445 e. The summed E-state index contributed by atoms with van der Waals surface area (Å²) in [7, 11) is 0. The minimum absolute atomic E-state index is 0.388. The Kier molecular flexibility index (Phi) is 10.7. The second-order valence-corrected chi connectivity index (χ2v) is 10.4. The van der Waals surface area contributed by atoms with Gasteiger partial charge in [-0.2, -0.15) is 0 Å². The fourth-order valence-corrected chi connectivity index (χ4v) is 4.64. The highest BCUT2D eigenvalue weighted by atomic mass is 19.1. The van der Waals surface area contributed by atoms with Crippen molar-refractivity contribution in [1.82, 2.24) is 19.8 Å². The van der Waals surface area contributed by atoms with Gasteiger partial charge in [0, 0.05) is 50.9 Å². The fraction of sp³-hybridized carbons (Fsp3) is 0.778. The van der Waals surface area contributed by atoms with Gasteiger partial charge < -0.3 is 13.6 Å². The second kappa shape index (κ2) is 13.5. The maximum Gasteiger partial charge on any atom is 0.194 e. The molecule has 8 heteroatoms. The molecule has 0 spiro atoms. The van der Waals surface area contributed by atoms with Crippen LogP contribution in [0.2, 0.25) is 0 Å². The number of hydrogen-bond acceptors (Lipinski definition) is 7. The molecule has 0 amide bonds. The number of oxazole rings is 2. The lowest BCUT2D eigenvalue weighted by atomic mass is 10.1. The van der Waals surface area contributed by atoms with Gasteiger partial charge in [0.05, 0.1) is 24.6 Å². The van der Waals surface area contributed by atoms with Gasteiger partial charge in [0.15, 0.2) is 11.8 Å². The standard InChI is InChI=1S/C14H24N2O2.C13H21FN2O/c1-11(2)14-12(3)15-13(18-14)5-4-6-16-7-9-17-10-8-16;1-9(2)13-10(3)15-12(17-13)5-4-6-16-7-11(14)8-16/h11H,4-10H2,1-3H3;9,11H,4-8H2,1-3H3. The highest BCUT2D eigenvalue weighted by Crippen LogP contribution is 2.22. The largest absolute Gasteiger partial charge is 0.445 e. The van der Waals surface area contributed by atoms with E-state index in [1.165, 1.54) is 0 Å². The van der Waals surface area contributed by atoms with E-state index in [2.05, 4.69) is 47.5 Å². The predicted molar refractivity (Wildman–Crippen MR) is 136 cm³/mol. The highest BCUT2D eigenvalue weighted by Gasteiger charge is 2.25. The van der Waals surface area contributed by atoms with Gasteiger partial charge in [-0.15, -0.1) is 0 Å². The zero-order valence-electron chi connectivity index (χ0n) is 22.6. The van der Waals surface area contributed by atoms with E-state index in [0.29, 0.717) is 24.9 Å². The number of halogens is 1. The van der Waals surface area contributed by atoms with Gasteiger partial charge in [0.25, 0.3) is 0 Å². The first-order chi connectivity index (χ1) is 16.7. The molecule has 2 aliphatic heterocycles. The van der Waals surface area contributed by atoms with Gasteiger partial charge in [-0.25, -0.2) is 14.4 Å². The molecule has 0 aliphatic carbocycles. The highest BCUT2D eigenvalue weighted by molar-refractivity contribution is 5.12. The van der Waals surface area contributed by atoms with E-state index < -0.39 is 6.17 Å². The van der Waals surface area contributed by atoms with Gasteiger partial charge in [-0.3, -0.25) is 9.80 Å². The Bertz CT molecular complexity index is 883. The lowest BCUT2D eigenvalue weighted by Crippen LogP contribution is -2.48. The number of likely N-dealkylation sites (tertiary alicyclic amines) is 1. The van der Waals surface area contributed by atoms with Gasteiger partial charge in [0.1, 0.15) is 17.7 Å². The number of hydrogen-bond donors (Lipinski definition) is 0. The molecule has 0 N–H and O–H groups in total. The molecule has 2 aliphatic rings. The van der Waals surface area contributed by atoms with E-state index in [4.69, 9.17) is 13.6 Å². The molecular formula is C27H45FN4O3. The Morgan fingerprint density at radius 2 is 1.26 bits per heavy atom. The van der Waals surface area contributed by atoms with Crippen molar-refractivity contribution in [3.05, 3.63) is 34.7 Å². The van der Waals surface area contributed by atoms with Crippen LogP contribution in [0, 0.1) is 13.8 Å². The molecule has 4 heterocycles. The number of aryl methyl sites for hydroxylation is 4. The van der Waals surface area contributed by atoms with Crippen molar-refractivity contribution in [3.63, 3.8) is 0 Å². The zero-order chi connectivity index (χ0) is 25.4. The van der Waals surface area contributed by atoms with Crippen molar-refractivity contribution in [1.29, 1.82) is 0 Å². The van der Waals surface area contributed by atoms with Crippen molar-refractivity contribution < 1.29 is 18.0 Å². The number of alkyl halides is 1. The van der Waals surface area contributed by atoms with Crippen LogP contribution >= 0.6 is 0 Å². The average Bonchev–Trinajstić information content (AvgIpc) is 3.36. The van der Waals surface area contributed by atoms with Crippen molar-refractivity contribution >= 4 is 0 Å². The molecular weight excluding hydrogens is 447 g/mol. The number of nitrogens with zero attached hydrogens (tertiary/aromatic N) is 4. The first kappa shape index (κ1) is 27.8. The van der Waals surface area contributed by atoms with Crippen LogP contribution in [0.15, 0.2) is 8.83 Å². The van der Waals surface area contributed by atoms with Crippen molar-refractivity contribution in [2.75, 3.05) is 52.5 Å². The SMILES string of the molecule is Cc1nc(CCCN2CC(F)C2)oc1C(C)C.Cc1nc(CCCN2CCOCC2)oc1C(C)C. The summed E-state index contributed by atoms with van der Waals surface area (Å²) < 4.78 is 29.5. The Hall–Kier alpha value is -1.77. The summed E-state index contributed by atoms with van der Waals surface area (Å²) in [4.78, 5) is 13.5. The normalized spacial score (nSPS) is 17.6. The summed E-state index contributed by atoms with van der Waals surface area (Å²) in [5, 5.41) is 0. The zero-order valence-corrected chi connectivity index (χ0v) is 22.6. The minimum atomic E-state index is -0.605. The Labute approximate surface area is 210 Å². The molecule has 35 heavy (non-hydrogen) atoms. The molecule has 0 unspecified atom stereocenters. The molecule has 4 rings (SSSR count). The van der Waals surface area contributed by atoms with Gasteiger partial charge in [-0.05, 0) is 39.8 Å². The summed E-state index contributed by atoms with van der Waals surface area (Å²) in [6.45, 7) is 19.6. The molecule has 198 valence electrons. The second-order valence-electron chi connectivity index (χ2n) is 10.4. The summed E-state index contributed by atoms with van der Waals surface area (Å²) in [6.07, 6.45) is 3.28. The molecule has 0 atom stereocenters. The van der Waals surface area contributed by atoms with Crippen molar-refractivity contribution in [3.8, 4) is 0 Å². The Morgan fingerprint density at radius 1 is 0.800 bits per heavy atom. The third-order valence-electron chi connectivity index (χ3n) is 6.55. The Balaban J connectivity index is 0.000000196.